The third-order valence-corrected chi connectivity index (χ3v) is 7.63. The van der Waals surface area contributed by atoms with E-state index in [-0.39, 0.29) is 5.97 Å². The van der Waals surface area contributed by atoms with Crippen molar-refractivity contribution in [1.82, 2.24) is 4.98 Å². The van der Waals surface area contributed by atoms with Crippen LogP contribution >= 0.6 is 22.7 Å². The van der Waals surface area contributed by atoms with E-state index >= 15 is 0 Å². The van der Waals surface area contributed by atoms with Gasteiger partial charge in [0.25, 0.3) is 0 Å². The molecule has 1 aliphatic rings. The van der Waals surface area contributed by atoms with Gasteiger partial charge in [0.2, 0.25) is 0 Å². The summed E-state index contributed by atoms with van der Waals surface area (Å²) in [4.78, 5) is 23.1. The summed E-state index contributed by atoms with van der Waals surface area (Å²) in [7, 11) is 6.70. The Morgan fingerprint density at radius 3 is 2.51 bits per heavy atom. The van der Waals surface area contributed by atoms with Gasteiger partial charge in [-0.25, -0.2) is 4.99 Å². The number of aromatic amines is 1. The first-order valence-corrected chi connectivity index (χ1v) is 13.9. The van der Waals surface area contributed by atoms with Crippen molar-refractivity contribution in [3.8, 4) is 10.6 Å². The summed E-state index contributed by atoms with van der Waals surface area (Å²) < 4.78 is 6.11. The molecule has 7 heteroatoms. The molecule has 4 heterocycles. The van der Waals surface area contributed by atoms with Gasteiger partial charge in [-0.2, -0.15) is 0 Å². The molecule has 0 spiro atoms. The minimum absolute atomic E-state index is 0.168. The van der Waals surface area contributed by atoms with Crippen molar-refractivity contribution in [2.24, 2.45) is 4.99 Å². The number of aryl methyl sites for hydroxylation is 1. The molecule has 0 unspecified atom stereocenters. The highest BCUT2D eigenvalue weighted by molar-refractivity contribution is 7.13. The van der Waals surface area contributed by atoms with Gasteiger partial charge in [-0.15, -0.1) is 22.7 Å². The van der Waals surface area contributed by atoms with E-state index in [4.69, 9.17) is 9.73 Å². The monoisotopic (exact) mass is 508 g/mol. The van der Waals surface area contributed by atoms with Gasteiger partial charge in [-0.1, -0.05) is 12.1 Å². The van der Waals surface area contributed by atoms with Gasteiger partial charge in [0.05, 0.1) is 61.2 Å². The molecule has 0 saturated heterocycles. The van der Waals surface area contributed by atoms with Gasteiger partial charge in [-0.3, -0.25) is 4.79 Å². The molecule has 3 aromatic heterocycles. The van der Waals surface area contributed by atoms with Crippen molar-refractivity contribution >= 4 is 40.4 Å². The number of aromatic nitrogens is 1. The number of aliphatic imine (C=N–C) groups is 1. The van der Waals surface area contributed by atoms with E-state index in [0.29, 0.717) is 19.4 Å². The Balaban J connectivity index is 1.65. The van der Waals surface area contributed by atoms with Crippen LogP contribution in [0.4, 0.5) is 0 Å². The number of quaternary nitrogens is 1. The molecule has 4 rings (SSSR count). The van der Waals surface area contributed by atoms with E-state index in [1.165, 1.54) is 10.4 Å². The summed E-state index contributed by atoms with van der Waals surface area (Å²) >= 11 is 3.42. The van der Waals surface area contributed by atoms with Crippen molar-refractivity contribution in [2.45, 2.75) is 32.6 Å². The van der Waals surface area contributed by atoms with Crippen LogP contribution in [0.3, 0.4) is 0 Å². The molecule has 0 fully saturated rings. The number of hydrogen-bond donors (Lipinski definition) is 1. The second-order valence-corrected chi connectivity index (χ2v) is 11.6. The maximum Gasteiger partial charge on any atom is 0.306 e. The van der Waals surface area contributed by atoms with Gasteiger partial charge in [0, 0.05) is 18.5 Å². The number of thiophene rings is 2. The van der Waals surface area contributed by atoms with E-state index in [1.807, 2.05) is 13.0 Å². The van der Waals surface area contributed by atoms with Crippen molar-refractivity contribution in [3.63, 3.8) is 0 Å². The summed E-state index contributed by atoms with van der Waals surface area (Å²) in [5.74, 6) is -0.168. The third-order valence-electron chi connectivity index (χ3n) is 5.83. The fraction of sp³-hybridized carbons (Fsp3) is 0.357. The van der Waals surface area contributed by atoms with Crippen LogP contribution in [0.15, 0.2) is 63.4 Å². The standard InChI is InChI=1S/C28H34N3O2S2/c1-5-33-28(32)13-12-21-18-25(27-11-8-16-35-27)30-23(21)19-22-20(9-6-14-31(2,3)4)17-24(29-22)26-10-7-15-34-26/h7-8,10-11,15-19,29H,5-6,9,12-14H2,1-4H3/q+1/b23-19-. The zero-order valence-corrected chi connectivity index (χ0v) is 22.6. The molecule has 0 saturated carbocycles. The Hall–Kier alpha value is -2.74. The van der Waals surface area contributed by atoms with Crippen LogP contribution in [-0.4, -0.2) is 55.4 Å². The van der Waals surface area contributed by atoms with Crippen LogP contribution in [-0.2, 0) is 16.0 Å². The second kappa shape index (κ2) is 11.3. The fourth-order valence-electron chi connectivity index (χ4n) is 4.11. The molecule has 0 bridgehead atoms. The predicted molar refractivity (Wildman–Crippen MR) is 148 cm³/mol. The van der Waals surface area contributed by atoms with Crippen LogP contribution in [0.2, 0.25) is 0 Å². The number of ether oxygens (including phenoxy) is 1. The minimum atomic E-state index is -0.168. The Labute approximate surface area is 216 Å². The largest absolute Gasteiger partial charge is 0.466 e. The lowest BCUT2D eigenvalue weighted by molar-refractivity contribution is -0.870. The van der Waals surface area contributed by atoms with Gasteiger partial charge in [0.15, 0.2) is 0 Å². The van der Waals surface area contributed by atoms with Crippen LogP contribution in [0.1, 0.15) is 42.3 Å². The van der Waals surface area contributed by atoms with E-state index in [2.05, 4.69) is 73.3 Å². The highest BCUT2D eigenvalue weighted by Gasteiger charge is 2.20. The number of carbonyl (C=O) groups excluding carboxylic acids is 1. The molecule has 5 nitrogen and oxygen atoms in total. The molecule has 1 N–H and O–H groups in total. The molecular formula is C28H34N3O2S2+. The Kier molecular flexibility index (Phi) is 8.21. The summed E-state index contributed by atoms with van der Waals surface area (Å²) in [6.07, 6.45) is 7.35. The molecule has 0 amide bonds. The lowest BCUT2D eigenvalue weighted by Crippen LogP contribution is -2.35. The maximum atomic E-state index is 12.1. The molecule has 0 aromatic carbocycles. The van der Waals surface area contributed by atoms with Gasteiger partial charge in [0.1, 0.15) is 0 Å². The molecular weight excluding hydrogens is 474 g/mol. The smallest absolute Gasteiger partial charge is 0.306 e. The quantitative estimate of drug-likeness (QED) is 0.236. The van der Waals surface area contributed by atoms with Gasteiger partial charge >= 0.3 is 5.97 Å². The third kappa shape index (κ3) is 6.90. The molecule has 0 atom stereocenters. The SMILES string of the molecule is CCOC(=O)CCC1=CC(c2cccs2)=N/C1=C\c1[nH]c(-c2cccs2)cc1CCC[N+](C)(C)C. The number of carbonyl (C=O) groups is 1. The molecule has 184 valence electrons. The topological polar surface area (TPSA) is 54.4 Å². The molecule has 1 aliphatic heterocycles. The van der Waals surface area contributed by atoms with Crippen molar-refractivity contribution in [2.75, 3.05) is 34.3 Å². The highest BCUT2D eigenvalue weighted by atomic mass is 32.1. The lowest BCUT2D eigenvalue weighted by atomic mass is 10.0. The summed E-state index contributed by atoms with van der Waals surface area (Å²) in [5, 5.41) is 4.17. The first-order chi connectivity index (χ1) is 16.8. The number of esters is 1. The maximum absolute atomic E-state index is 12.1. The number of nitrogens with zero attached hydrogens (tertiary/aromatic N) is 2. The number of rotatable bonds is 11. The average molecular weight is 509 g/mol. The predicted octanol–water partition coefficient (Wildman–Crippen LogP) is 6.56. The van der Waals surface area contributed by atoms with Crippen LogP contribution in [0, 0.1) is 0 Å². The fourth-order valence-corrected chi connectivity index (χ4v) is 5.50. The second-order valence-electron chi connectivity index (χ2n) is 9.70. The van der Waals surface area contributed by atoms with Gasteiger partial charge < -0.3 is 14.2 Å². The Morgan fingerprint density at radius 1 is 1.11 bits per heavy atom. The Morgan fingerprint density at radius 2 is 1.86 bits per heavy atom. The average Bonchev–Trinajstić information content (AvgIpc) is 3.59. The zero-order chi connectivity index (χ0) is 24.8. The Bertz CT molecular complexity index is 1220. The summed E-state index contributed by atoms with van der Waals surface area (Å²) in [6, 6.07) is 10.7. The summed E-state index contributed by atoms with van der Waals surface area (Å²) in [6.45, 7) is 3.36. The van der Waals surface area contributed by atoms with E-state index in [9.17, 15) is 4.79 Å². The first kappa shape index (κ1) is 25.4. The number of H-pyrrole nitrogens is 1. The van der Waals surface area contributed by atoms with Crippen LogP contribution in [0.25, 0.3) is 16.6 Å². The van der Waals surface area contributed by atoms with E-state index in [0.717, 1.165) is 57.1 Å². The van der Waals surface area contributed by atoms with Crippen LogP contribution in [0.5, 0.6) is 0 Å². The van der Waals surface area contributed by atoms with Crippen molar-refractivity contribution in [3.05, 3.63) is 74.6 Å². The zero-order valence-electron chi connectivity index (χ0n) is 21.0. The van der Waals surface area contributed by atoms with Crippen LogP contribution < -0.4 is 0 Å². The lowest BCUT2D eigenvalue weighted by Gasteiger charge is -2.23. The summed E-state index contributed by atoms with van der Waals surface area (Å²) in [5.41, 5.74) is 6.50. The van der Waals surface area contributed by atoms with Crippen molar-refractivity contribution < 1.29 is 14.0 Å². The molecule has 0 aliphatic carbocycles. The van der Waals surface area contributed by atoms with E-state index in [1.54, 1.807) is 22.7 Å². The van der Waals surface area contributed by atoms with Crippen molar-refractivity contribution in [1.29, 1.82) is 0 Å². The molecule has 35 heavy (non-hydrogen) atoms. The number of nitrogens with one attached hydrogen (secondary N) is 1. The minimum Gasteiger partial charge on any atom is -0.466 e. The highest BCUT2D eigenvalue weighted by Crippen LogP contribution is 2.32. The molecule has 3 aromatic rings. The normalized spacial score (nSPS) is 14.9. The molecule has 0 radical (unpaired) electrons. The van der Waals surface area contributed by atoms with E-state index < -0.39 is 0 Å². The number of allylic oxidation sites excluding steroid dienone is 2. The first-order valence-electron chi connectivity index (χ1n) is 12.1. The number of hydrogen-bond acceptors (Lipinski definition) is 5. The van der Waals surface area contributed by atoms with Gasteiger partial charge in [-0.05, 0) is 72.0 Å².